The summed E-state index contributed by atoms with van der Waals surface area (Å²) in [5.41, 5.74) is 4.41. The molecule has 1 heterocycles. The first-order chi connectivity index (χ1) is 13.3. The van der Waals surface area contributed by atoms with Crippen LogP contribution in [0.1, 0.15) is 0 Å². The number of H-pyrrole nitrogens is 1. The van der Waals surface area contributed by atoms with Gasteiger partial charge in [-0.1, -0.05) is 78.9 Å². The van der Waals surface area contributed by atoms with Gasteiger partial charge in [0.1, 0.15) is 0 Å². The average Bonchev–Trinajstić information content (AvgIpc) is 2.73. The Morgan fingerprint density at radius 3 is 2.15 bits per heavy atom. The van der Waals surface area contributed by atoms with Crippen LogP contribution in [-0.2, 0) is 0 Å². The second kappa shape index (κ2) is 6.22. The zero-order valence-corrected chi connectivity index (χ0v) is 14.5. The fourth-order valence-corrected chi connectivity index (χ4v) is 3.51. The fraction of sp³-hybridized carbons (Fsp3) is 0. The molecule has 3 heteroatoms. The van der Waals surface area contributed by atoms with Gasteiger partial charge in [-0.3, -0.25) is 0 Å². The van der Waals surface area contributed by atoms with Gasteiger partial charge in [-0.25, -0.2) is 4.79 Å². The molecule has 0 unspecified atom stereocenters. The molecule has 0 bridgehead atoms. The SMILES string of the molecule is O=c1nc(-c2ccc(-c3ccc4ccccc4c3)cc2)c2ccccc2[nH]1. The molecule has 5 aromatic rings. The molecule has 0 fully saturated rings. The lowest BCUT2D eigenvalue weighted by atomic mass is 9.99. The monoisotopic (exact) mass is 348 g/mol. The molecule has 0 aliphatic carbocycles. The number of nitrogens with one attached hydrogen (secondary N) is 1. The van der Waals surface area contributed by atoms with Crippen LogP contribution in [0.2, 0.25) is 0 Å². The highest BCUT2D eigenvalue weighted by Gasteiger charge is 2.08. The van der Waals surface area contributed by atoms with Gasteiger partial charge in [0, 0.05) is 10.9 Å². The number of nitrogens with zero attached hydrogens (tertiary/aromatic N) is 1. The molecule has 0 spiro atoms. The van der Waals surface area contributed by atoms with Crippen molar-refractivity contribution >= 4 is 21.7 Å². The van der Waals surface area contributed by atoms with Gasteiger partial charge in [0.05, 0.1) is 11.2 Å². The Balaban J connectivity index is 1.60. The van der Waals surface area contributed by atoms with Crippen molar-refractivity contribution in [1.29, 1.82) is 0 Å². The van der Waals surface area contributed by atoms with E-state index >= 15 is 0 Å². The first kappa shape index (κ1) is 15.5. The van der Waals surface area contributed by atoms with Crippen LogP contribution in [0, 0.1) is 0 Å². The van der Waals surface area contributed by atoms with Gasteiger partial charge in [-0.15, -0.1) is 0 Å². The minimum atomic E-state index is -0.331. The summed E-state index contributed by atoms with van der Waals surface area (Å²) in [6, 6.07) is 30.8. The zero-order valence-electron chi connectivity index (χ0n) is 14.5. The van der Waals surface area contributed by atoms with E-state index in [1.807, 2.05) is 36.4 Å². The van der Waals surface area contributed by atoms with E-state index in [1.54, 1.807) is 0 Å². The number of hydrogen-bond acceptors (Lipinski definition) is 2. The van der Waals surface area contributed by atoms with Crippen molar-refractivity contribution in [2.45, 2.75) is 0 Å². The fourth-order valence-electron chi connectivity index (χ4n) is 3.51. The maximum absolute atomic E-state index is 11.9. The number of hydrogen-bond donors (Lipinski definition) is 1. The molecule has 0 aliphatic heterocycles. The highest BCUT2D eigenvalue weighted by atomic mass is 16.1. The van der Waals surface area contributed by atoms with Crippen LogP contribution in [0.4, 0.5) is 0 Å². The van der Waals surface area contributed by atoms with Crippen molar-refractivity contribution in [2.24, 2.45) is 0 Å². The Hall–Kier alpha value is -3.72. The lowest BCUT2D eigenvalue weighted by Crippen LogP contribution is -2.11. The van der Waals surface area contributed by atoms with E-state index in [9.17, 15) is 4.79 Å². The maximum Gasteiger partial charge on any atom is 0.345 e. The van der Waals surface area contributed by atoms with Gasteiger partial charge in [-0.2, -0.15) is 4.98 Å². The molecule has 0 aliphatic rings. The third-order valence-electron chi connectivity index (χ3n) is 4.88. The predicted octanol–water partition coefficient (Wildman–Crippen LogP) is 5.41. The first-order valence-electron chi connectivity index (χ1n) is 8.87. The molecule has 0 saturated heterocycles. The highest BCUT2D eigenvalue weighted by molar-refractivity contribution is 5.92. The van der Waals surface area contributed by atoms with Gasteiger partial charge >= 0.3 is 5.69 Å². The molecular weight excluding hydrogens is 332 g/mol. The number of rotatable bonds is 2. The largest absolute Gasteiger partial charge is 0.345 e. The van der Waals surface area contributed by atoms with E-state index < -0.39 is 0 Å². The van der Waals surface area contributed by atoms with E-state index in [-0.39, 0.29) is 5.69 Å². The van der Waals surface area contributed by atoms with E-state index in [4.69, 9.17) is 0 Å². The van der Waals surface area contributed by atoms with Crippen LogP contribution in [0.15, 0.2) is 95.8 Å². The molecular formula is C24H16N2O. The summed E-state index contributed by atoms with van der Waals surface area (Å²) >= 11 is 0. The Morgan fingerprint density at radius 2 is 1.30 bits per heavy atom. The molecule has 5 rings (SSSR count). The summed E-state index contributed by atoms with van der Waals surface area (Å²) in [6.45, 7) is 0. The quantitative estimate of drug-likeness (QED) is 0.463. The standard InChI is InChI=1S/C24H16N2O/c27-24-25-22-8-4-3-7-21(22)23(26-24)18-12-9-17(10-13-18)20-14-11-16-5-1-2-6-19(16)15-20/h1-15H,(H,25,26,27). The molecule has 27 heavy (non-hydrogen) atoms. The van der Waals surface area contributed by atoms with Gasteiger partial charge in [0.25, 0.3) is 0 Å². The van der Waals surface area contributed by atoms with E-state index in [0.29, 0.717) is 5.69 Å². The van der Waals surface area contributed by atoms with Crippen LogP contribution in [0.3, 0.4) is 0 Å². The van der Waals surface area contributed by atoms with Crippen LogP contribution in [0.5, 0.6) is 0 Å². The summed E-state index contributed by atoms with van der Waals surface area (Å²) in [4.78, 5) is 18.9. The molecule has 0 saturated carbocycles. The summed E-state index contributed by atoms with van der Waals surface area (Å²) in [5.74, 6) is 0. The Morgan fingerprint density at radius 1 is 0.630 bits per heavy atom. The third kappa shape index (κ3) is 2.79. The summed E-state index contributed by atoms with van der Waals surface area (Å²) in [6.07, 6.45) is 0. The third-order valence-corrected chi connectivity index (χ3v) is 4.88. The molecule has 1 N–H and O–H groups in total. The number of aromatic amines is 1. The summed E-state index contributed by atoms with van der Waals surface area (Å²) in [7, 11) is 0. The van der Waals surface area contributed by atoms with Crippen molar-refractivity contribution < 1.29 is 0 Å². The zero-order chi connectivity index (χ0) is 18.2. The molecule has 0 radical (unpaired) electrons. The van der Waals surface area contributed by atoms with Gasteiger partial charge in [0.2, 0.25) is 0 Å². The Labute approximate surface area is 156 Å². The first-order valence-corrected chi connectivity index (χ1v) is 8.87. The number of benzene rings is 4. The van der Waals surface area contributed by atoms with Crippen LogP contribution in [-0.4, -0.2) is 9.97 Å². The van der Waals surface area contributed by atoms with Crippen LogP contribution in [0.25, 0.3) is 44.1 Å². The lowest BCUT2D eigenvalue weighted by Gasteiger charge is -2.08. The average molecular weight is 348 g/mol. The van der Waals surface area contributed by atoms with E-state index in [2.05, 4.69) is 64.6 Å². The molecule has 1 aromatic heterocycles. The van der Waals surface area contributed by atoms with E-state index in [0.717, 1.165) is 22.0 Å². The van der Waals surface area contributed by atoms with Gasteiger partial charge in [0.15, 0.2) is 0 Å². The Kier molecular flexibility index (Phi) is 3.58. The van der Waals surface area contributed by atoms with Gasteiger partial charge in [-0.05, 0) is 34.0 Å². The molecule has 4 aromatic carbocycles. The van der Waals surface area contributed by atoms with Crippen molar-refractivity contribution in [3.8, 4) is 22.4 Å². The highest BCUT2D eigenvalue weighted by Crippen LogP contribution is 2.29. The molecule has 3 nitrogen and oxygen atoms in total. The van der Waals surface area contributed by atoms with Crippen molar-refractivity contribution in [2.75, 3.05) is 0 Å². The number of fused-ring (bicyclic) bond motifs is 2. The number of aromatic nitrogens is 2. The lowest BCUT2D eigenvalue weighted by molar-refractivity contribution is 1.12. The Bertz CT molecular complexity index is 1330. The minimum Gasteiger partial charge on any atom is -0.305 e. The van der Waals surface area contributed by atoms with Crippen LogP contribution < -0.4 is 5.69 Å². The van der Waals surface area contributed by atoms with Crippen molar-refractivity contribution in [1.82, 2.24) is 9.97 Å². The molecule has 128 valence electrons. The smallest absolute Gasteiger partial charge is 0.305 e. The minimum absolute atomic E-state index is 0.331. The second-order valence-corrected chi connectivity index (χ2v) is 6.58. The summed E-state index contributed by atoms with van der Waals surface area (Å²) in [5, 5.41) is 3.40. The maximum atomic E-state index is 11.9. The van der Waals surface area contributed by atoms with E-state index in [1.165, 1.54) is 16.3 Å². The van der Waals surface area contributed by atoms with Crippen molar-refractivity contribution in [3.05, 3.63) is 101 Å². The van der Waals surface area contributed by atoms with Crippen LogP contribution >= 0.6 is 0 Å². The second-order valence-electron chi connectivity index (χ2n) is 6.58. The predicted molar refractivity (Wildman–Crippen MR) is 111 cm³/mol. The number of para-hydroxylation sites is 1. The normalized spacial score (nSPS) is 11.1. The molecule has 0 amide bonds. The molecule has 0 atom stereocenters. The van der Waals surface area contributed by atoms with Crippen molar-refractivity contribution in [3.63, 3.8) is 0 Å². The summed E-state index contributed by atoms with van der Waals surface area (Å²) < 4.78 is 0. The topological polar surface area (TPSA) is 45.8 Å². The van der Waals surface area contributed by atoms with Gasteiger partial charge < -0.3 is 4.98 Å².